The molecule has 1 aromatic carbocycles. The van der Waals surface area contributed by atoms with Crippen LogP contribution in [-0.2, 0) is 30.2 Å². The number of carbonyl (C=O) groups is 2. The summed E-state index contributed by atoms with van der Waals surface area (Å²) in [5, 5.41) is 52.2. The Morgan fingerprint density at radius 3 is 2.53 bits per heavy atom. The lowest BCUT2D eigenvalue weighted by atomic mass is 9.74. The maximum Gasteiger partial charge on any atom is 0.333 e. The highest BCUT2D eigenvalue weighted by molar-refractivity contribution is 5.90. The molecule has 0 aromatic heterocycles. The molecule has 0 spiro atoms. The molecule has 2 aliphatic rings. The molecule has 10 heteroatoms. The van der Waals surface area contributed by atoms with Gasteiger partial charge in [-0.2, -0.15) is 0 Å². The van der Waals surface area contributed by atoms with Crippen molar-refractivity contribution in [3.63, 3.8) is 0 Å². The number of benzene rings is 1. The molecule has 210 valence electrons. The monoisotopic (exact) mass is 534 g/mol. The summed E-state index contributed by atoms with van der Waals surface area (Å²) >= 11 is 0. The van der Waals surface area contributed by atoms with E-state index in [0.717, 1.165) is 12.0 Å². The molecule has 1 aliphatic carbocycles. The van der Waals surface area contributed by atoms with Crippen molar-refractivity contribution in [2.24, 2.45) is 11.8 Å². The highest BCUT2D eigenvalue weighted by Crippen LogP contribution is 2.41. The smallest absolute Gasteiger partial charge is 0.333 e. The molecule has 1 aromatic rings. The van der Waals surface area contributed by atoms with Crippen LogP contribution in [0.4, 0.5) is 0 Å². The summed E-state index contributed by atoms with van der Waals surface area (Å²) < 4.78 is 16.8. The minimum atomic E-state index is -2.01. The van der Waals surface area contributed by atoms with Crippen LogP contribution < -0.4 is 0 Å². The van der Waals surface area contributed by atoms with E-state index in [9.17, 15) is 35.1 Å². The topological polar surface area (TPSA) is 163 Å². The van der Waals surface area contributed by atoms with Crippen LogP contribution in [0.5, 0.6) is 0 Å². The number of hydrogen-bond acceptors (Lipinski definition) is 9. The first-order chi connectivity index (χ1) is 18.2. The molecule has 1 fully saturated rings. The normalized spacial score (nSPS) is 33.3. The number of aliphatic carboxylic acids is 1. The number of rotatable bonds is 12. The van der Waals surface area contributed by atoms with Crippen LogP contribution in [0.3, 0.4) is 0 Å². The summed E-state index contributed by atoms with van der Waals surface area (Å²) in [6.07, 6.45) is -1.88. The highest BCUT2D eigenvalue weighted by Gasteiger charge is 2.56. The Balaban J connectivity index is 1.82. The van der Waals surface area contributed by atoms with E-state index in [4.69, 9.17) is 14.2 Å². The van der Waals surface area contributed by atoms with E-state index in [-0.39, 0.29) is 24.8 Å². The maximum atomic E-state index is 12.3. The molecular weight excluding hydrogens is 496 g/mol. The zero-order valence-corrected chi connectivity index (χ0v) is 21.5. The van der Waals surface area contributed by atoms with Gasteiger partial charge in [-0.3, -0.25) is 4.79 Å². The summed E-state index contributed by atoms with van der Waals surface area (Å²) in [6.45, 7) is 3.18. The molecule has 38 heavy (non-hydrogen) atoms. The number of carboxylic acids is 1. The summed E-state index contributed by atoms with van der Waals surface area (Å²) in [5.41, 5.74) is -0.687. The van der Waals surface area contributed by atoms with Crippen molar-refractivity contribution in [1.29, 1.82) is 0 Å². The van der Waals surface area contributed by atoms with Gasteiger partial charge in [0.1, 0.15) is 23.9 Å². The lowest BCUT2D eigenvalue weighted by molar-refractivity contribution is -0.354. The van der Waals surface area contributed by atoms with Crippen molar-refractivity contribution in [2.75, 3.05) is 13.7 Å². The Labute approximate surface area is 222 Å². The Hall–Kier alpha value is -2.60. The lowest BCUT2D eigenvalue weighted by Crippen LogP contribution is -2.67. The number of carboxylic acid groups (broad SMARTS) is 1. The first kappa shape index (κ1) is 29.9. The van der Waals surface area contributed by atoms with Gasteiger partial charge < -0.3 is 39.7 Å². The molecule has 0 radical (unpaired) electrons. The molecule has 1 aliphatic heterocycles. The second-order valence-electron chi connectivity index (χ2n) is 9.89. The molecule has 0 unspecified atom stereocenters. The zero-order chi connectivity index (χ0) is 27.9. The Morgan fingerprint density at radius 2 is 1.92 bits per heavy atom. The molecule has 1 heterocycles. The Morgan fingerprint density at radius 1 is 1.21 bits per heavy atom. The van der Waals surface area contributed by atoms with Gasteiger partial charge in [0, 0.05) is 17.4 Å². The lowest BCUT2D eigenvalue weighted by Gasteiger charge is -2.49. The van der Waals surface area contributed by atoms with E-state index in [1.807, 2.05) is 30.3 Å². The molecule has 0 saturated carbocycles. The van der Waals surface area contributed by atoms with Crippen LogP contribution in [0.2, 0.25) is 0 Å². The van der Waals surface area contributed by atoms with Crippen LogP contribution in [0.1, 0.15) is 37.7 Å². The third-order valence-corrected chi connectivity index (χ3v) is 7.49. The van der Waals surface area contributed by atoms with Gasteiger partial charge in [-0.1, -0.05) is 42.5 Å². The average molecular weight is 535 g/mol. The summed E-state index contributed by atoms with van der Waals surface area (Å²) in [6, 6.07) is 9.80. The van der Waals surface area contributed by atoms with Crippen molar-refractivity contribution >= 4 is 11.9 Å². The number of esters is 1. The second kappa shape index (κ2) is 13.5. The van der Waals surface area contributed by atoms with Crippen molar-refractivity contribution < 1.29 is 49.3 Å². The number of ether oxygens (including phenoxy) is 3. The third kappa shape index (κ3) is 6.69. The fraction of sp³-hybridized carbons (Fsp3) is 0.571. The molecule has 0 amide bonds. The van der Waals surface area contributed by atoms with Crippen LogP contribution in [0.25, 0.3) is 0 Å². The molecular formula is C28H38O10. The van der Waals surface area contributed by atoms with Gasteiger partial charge in [0.2, 0.25) is 0 Å². The van der Waals surface area contributed by atoms with Gasteiger partial charge in [0.25, 0.3) is 0 Å². The van der Waals surface area contributed by atoms with Crippen molar-refractivity contribution in [2.45, 2.75) is 74.8 Å². The molecule has 1 saturated heterocycles. The van der Waals surface area contributed by atoms with E-state index in [0.29, 0.717) is 12.8 Å². The SMILES string of the molecule is C=C[C@@H]1[C@H](CC(=O)O)C(C(=O)OC)=CC[C@H]1O[C@@H]1O[C@H](CO)[C@@H](O)[C@H](O)[C@]1(O)CCCCc1ccccc1. The average Bonchev–Trinajstić information content (AvgIpc) is 2.91. The van der Waals surface area contributed by atoms with Crippen LogP contribution in [0.15, 0.2) is 54.6 Å². The summed E-state index contributed by atoms with van der Waals surface area (Å²) in [4.78, 5) is 23.9. The molecule has 3 rings (SSSR count). The van der Waals surface area contributed by atoms with Crippen molar-refractivity contribution in [1.82, 2.24) is 0 Å². The largest absolute Gasteiger partial charge is 0.481 e. The van der Waals surface area contributed by atoms with Gasteiger partial charge in [0.15, 0.2) is 6.29 Å². The first-order valence-electron chi connectivity index (χ1n) is 12.8. The molecule has 0 bridgehead atoms. The fourth-order valence-electron chi connectivity index (χ4n) is 5.37. The Kier molecular flexibility index (Phi) is 10.6. The number of aryl methyl sites for hydroxylation is 1. The number of methoxy groups -OCH3 is 1. The van der Waals surface area contributed by atoms with Crippen LogP contribution in [-0.4, -0.2) is 87.5 Å². The highest BCUT2D eigenvalue weighted by atomic mass is 16.7. The second-order valence-corrected chi connectivity index (χ2v) is 9.89. The minimum absolute atomic E-state index is 0.0359. The van der Waals surface area contributed by atoms with Gasteiger partial charge in [0.05, 0.1) is 26.2 Å². The minimum Gasteiger partial charge on any atom is -0.481 e. The summed E-state index contributed by atoms with van der Waals surface area (Å²) in [5.74, 6) is -3.24. The van der Waals surface area contributed by atoms with E-state index in [1.165, 1.54) is 13.2 Å². The first-order valence-corrected chi connectivity index (χ1v) is 12.8. The molecule has 10 nitrogen and oxygen atoms in total. The molecule has 8 atom stereocenters. The standard InChI is InChI=1S/C28H38O10/c1-3-18-20(15-23(30)31)19(26(34)36-2)12-13-21(18)37-27-28(35,25(33)24(32)22(16-29)38-27)14-8-7-11-17-9-5-4-6-10-17/h3-6,9-10,12,18,20-22,24-25,27,29,32-33,35H,1,7-8,11,13-16H2,2H3,(H,30,31)/t18-,20+,21-,22-,24-,25+,27-,28-/m1/s1. The van der Waals surface area contributed by atoms with E-state index in [1.54, 1.807) is 6.08 Å². The summed E-state index contributed by atoms with van der Waals surface area (Å²) in [7, 11) is 1.21. The predicted molar refractivity (Wildman–Crippen MR) is 136 cm³/mol. The predicted octanol–water partition coefficient (Wildman–Crippen LogP) is 1.35. The quantitative estimate of drug-likeness (QED) is 0.150. The third-order valence-electron chi connectivity index (χ3n) is 7.49. The van der Waals surface area contributed by atoms with Crippen LogP contribution in [0, 0.1) is 11.8 Å². The Bertz CT molecular complexity index is 979. The van der Waals surface area contributed by atoms with E-state index in [2.05, 4.69) is 6.58 Å². The van der Waals surface area contributed by atoms with Gasteiger partial charge in [-0.05, 0) is 37.7 Å². The van der Waals surface area contributed by atoms with Crippen molar-refractivity contribution in [3.8, 4) is 0 Å². The fourth-order valence-corrected chi connectivity index (χ4v) is 5.37. The molecule has 5 N–H and O–H groups in total. The number of aliphatic hydroxyl groups is 4. The van der Waals surface area contributed by atoms with E-state index < -0.39 is 66.7 Å². The van der Waals surface area contributed by atoms with Gasteiger partial charge in [-0.15, -0.1) is 6.58 Å². The van der Waals surface area contributed by atoms with Gasteiger partial charge >= 0.3 is 11.9 Å². The zero-order valence-electron chi connectivity index (χ0n) is 21.5. The van der Waals surface area contributed by atoms with Crippen LogP contribution >= 0.6 is 0 Å². The number of hydrogen-bond donors (Lipinski definition) is 5. The number of carbonyl (C=O) groups excluding carboxylic acids is 1. The maximum absolute atomic E-state index is 12.3. The van der Waals surface area contributed by atoms with Gasteiger partial charge in [-0.25, -0.2) is 4.79 Å². The number of aliphatic hydroxyl groups excluding tert-OH is 3. The van der Waals surface area contributed by atoms with Crippen molar-refractivity contribution in [3.05, 3.63) is 60.2 Å². The van der Waals surface area contributed by atoms with E-state index >= 15 is 0 Å². The number of unbranched alkanes of at least 4 members (excludes halogenated alkanes) is 1.